The Hall–Kier alpha value is -2.87. The van der Waals surface area contributed by atoms with Gasteiger partial charge in [-0.15, -0.1) is 6.58 Å². The van der Waals surface area contributed by atoms with E-state index in [1.54, 1.807) is 6.08 Å². The molecule has 224 valence electrons. The van der Waals surface area contributed by atoms with Crippen LogP contribution in [0.15, 0.2) is 36.9 Å². The fraction of sp³-hybridized carbons (Fsp3) is 0.545. The molecule has 4 rings (SSSR count). The van der Waals surface area contributed by atoms with E-state index in [0.29, 0.717) is 44.9 Å². The summed E-state index contributed by atoms with van der Waals surface area (Å²) in [6.07, 6.45) is 7.86. The first-order valence-corrected chi connectivity index (χ1v) is 14.8. The number of hydrogen-bond acceptors (Lipinski definition) is 4. The molecule has 2 aromatic rings. The second kappa shape index (κ2) is 14.3. The molecule has 2 saturated carbocycles. The number of carbonyl (C=O) groups excluding carboxylic acids is 1. The zero-order valence-corrected chi connectivity index (χ0v) is 23.6. The number of esters is 1. The van der Waals surface area contributed by atoms with Crippen LogP contribution in [0.1, 0.15) is 101 Å². The Morgan fingerprint density at radius 3 is 1.98 bits per heavy atom. The lowest BCUT2D eigenvalue weighted by atomic mass is 9.76. The van der Waals surface area contributed by atoms with E-state index < -0.39 is 40.9 Å². The SMILES string of the molecule is C=CCCOc1ccc(C2CCC(C(=O)Oc3ccc(C4CCC(C(O)CCC)CC4)c(F)c3F)CC2)c(F)c1F. The monoisotopic (exact) mass is 576 g/mol. The van der Waals surface area contributed by atoms with Gasteiger partial charge in [0.15, 0.2) is 23.1 Å². The van der Waals surface area contributed by atoms with Gasteiger partial charge in [-0.05, 0) is 105 Å². The molecule has 0 heterocycles. The first-order valence-electron chi connectivity index (χ1n) is 14.8. The summed E-state index contributed by atoms with van der Waals surface area (Å²) in [7, 11) is 0. The molecule has 1 N–H and O–H groups in total. The molecule has 0 spiro atoms. The van der Waals surface area contributed by atoms with E-state index in [1.165, 1.54) is 24.3 Å². The van der Waals surface area contributed by atoms with Crippen LogP contribution < -0.4 is 9.47 Å². The average Bonchev–Trinajstić information content (AvgIpc) is 2.98. The normalized spacial score (nSPS) is 23.6. The highest BCUT2D eigenvalue weighted by Gasteiger charge is 2.33. The third kappa shape index (κ3) is 7.32. The fourth-order valence-corrected chi connectivity index (χ4v) is 6.34. The molecule has 2 aromatic carbocycles. The van der Waals surface area contributed by atoms with E-state index in [4.69, 9.17) is 9.47 Å². The molecule has 4 nitrogen and oxygen atoms in total. The molecule has 8 heteroatoms. The van der Waals surface area contributed by atoms with Gasteiger partial charge in [-0.3, -0.25) is 4.79 Å². The van der Waals surface area contributed by atoms with Crippen molar-refractivity contribution in [3.8, 4) is 11.5 Å². The summed E-state index contributed by atoms with van der Waals surface area (Å²) in [6.45, 7) is 5.79. The summed E-state index contributed by atoms with van der Waals surface area (Å²) in [6, 6.07) is 5.74. The predicted molar refractivity (Wildman–Crippen MR) is 149 cm³/mol. The molecule has 2 fully saturated rings. The van der Waals surface area contributed by atoms with Gasteiger partial charge in [0.2, 0.25) is 11.6 Å². The number of aliphatic hydroxyl groups is 1. The topological polar surface area (TPSA) is 55.8 Å². The van der Waals surface area contributed by atoms with Crippen molar-refractivity contribution in [2.24, 2.45) is 11.8 Å². The summed E-state index contributed by atoms with van der Waals surface area (Å²) in [5, 5.41) is 10.3. The highest BCUT2D eigenvalue weighted by molar-refractivity contribution is 5.75. The highest BCUT2D eigenvalue weighted by atomic mass is 19.2. The van der Waals surface area contributed by atoms with Crippen LogP contribution in [0.2, 0.25) is 0 Å². The summed E-state index contributed by atoms with van der Waals surface area (Å²) in [5.74, 6) is -6.18. The molecule has 0 amide bonds. The van der Waals surface area contributed by atoms with Gasteiger partial charge in [0.25, 0.3) is 0 Å². The Morgan fingerprint density at radius 2 is 1.41 bits per heavy atom. The van der Waals surface area contributed by atoms with Crippen molar-refractivity contribution in [2.75, 3.05) is 6.61 Å². The van der Waals surface area contributed by atoms with Gasteiger partial charge in [0, 0.05) is 0 Å². The number of hydrogen-bond donors (Lipinski definition) is 1. The number of aliphatic hydroxyl groups excluding tert-OH is 1. The third-order valence-corrected chi connectivity index (χ3v) is 8.78. The molecule has 0 aromatic heterocycles. The van der Waals surface area contributed by atoms with Gasteiger partial charge in [-0.2, -0.15) is 8.78 Å². The summed E-state index contributed by atoms with van der Waals surface area (Å²) < 4.78 is 69.9. The van der Waals surface area contributed by atoms with Gasteiger partial charge in [-0.1, -0.05) is 31.6 Å². The van der Waals surface area contributed by atoms with Crippen molar-refractivity contribution in [3.63, 3.8) is 0 Å². The Bertz CT molecular complexity index is 1200. The Labute approximate surface area is 239 Å². The van der Waals surface area contributed by atoms with Crippen molar-refractivity contribution in [2.45, 2.75) is 95.5 Å². The Kier molecular flexibility index (Phi) is 10.9. The minimum absolute atomic E-state index is 0.146. The van der Waals surface area contributed by atoms with Crippen LogP contribution >= 0.6 is 0 Å². The molecule has 0 radical (unpaired) electrons. The number of carbonyl (C=O) groups is 1. The Balaban J connectivity index is 1.32. The van der Waals surface area contributed by atoms with E-state index in [9.17, 15) is 23.1 Å². The number of rotatable bonds is 11. The maximum Gasteiger partial charge on any atom is 0.314 e. The summed E-state index contributed by atoms with van der Waals surface area (Å²) >= 11 is 0. The quantitative estimate of drug-likeness (QED) is 0.0958. The molecular formula is C33H40F4O4. The van der Waals surface area contributed by atoms with Gasteiger partial charge in [-0.25, -0.2) is 8.78 Å². The van der Waals surface area contributed by atoms with Crippen LogP contribution in [0.4, 0.5) is 17.6 Å². The first kappa shape index (κ1) is 31.1. The van der Waals surface area contributed by atoms with E-state index in [2.05, 4.69) is 6.58 Å². The summed E-state index contributed by atoms with van der Waals surface area (Å²) in [4.78, 5) is 12.8. The molecule has 0 bridgehead atoms. The van der Waals surface area contributed by atoms with Crippen LogP contribution in [0, 0.1) is 35.1 Å². The highest BCUT2D eigenvalue weighted by Crippen LogP contribution is 2.42. The van der Waals surface area contributed by atoms with Crippen molar-refractivity contribution in [1.82, 2.24) is 0 Å². The molecule has 0 aliphatic heterocycles. The van der Waals surface area contributed by atoms with Crippen LogP contribution in [-0.4, -0.2) is 23.8 Å². The fourth-order valence-electron chi connectivity index (χ4n) is 6.34. The van der Waals surface area contributed by atoms with Crippen molar-refractivity contribution in [3.05, 3.63) is 71.3 Å². The van der Waals surface area contributed by atoms with Gasteiger partial charge in [0.05, 0.1) is 18.6 Å². The van der Waals surface area contributed by atoms with E-state index in [1.807, 2.05) is 6.92 Å². The van der Waals surface area contributed by atoms with E-state index >= 15 is 4.39 Å². The maximum absolute atomic E-state index is 15.0. The second-order valence-electron chi connectivity index (χ2n) is 11.4. The maximum atomic E-state index is 15.0. The minimum Gasteiger partial charge on any atom is -0.490 e. The van der Waals surface area contributed by atoms with Gasteiger partial charge in [0.1, 0.15) is 0 Å². The van der Waals surface area contributed by atoms with Crippen molar-refractivity contribution in [1.29, 1.82) is 0 Å². The minimum atomic E-state index is -1.18. The zero-order chi connectivity index (χ0) is 29.5. The smallest absolute Gasteiger partial charge is 0.314 e. The second-order valence-corrected chi connectivity index (χ2v) is 11.4. The largest absolute Gasteiger partial charge is 0.490 e. The molecule has 2 aliphatic rings. The molecule has 1 atom stereocenters. The lowest BCUT2D eigenvalue weighted by Gasteiger charge is -2.32. The van der Waals surface area contributed by atoms with Crippen LogP contribution in [0.3, 0.4) is 0 Å². The van der Waals surface area contributed by atoms with Gasteiger partial charge >= 0.3 is 5.97 Å². The standard InChI is InChI=1S/C33H40F4O4/c1-3-5-19-40-27-17-15-24(29(34)31(27)36)21-9-13-23(14-10-21)33(39)41-28-18-16-25(30(35)32(28)37)20-7-11-22(12-8-20)26(38)6-4-2/h3,15-18,20-23,26,38H,1,4-14,19H2,2H3. The number of benzene rings is 2. The average molecular weight is 577 g/mol. The van der Waals surface area contributed by atoms with Crippen molar-refractivity contribution < 1.29 is 36.9 Å². The van der Waals surface area contributed by atoms with Crippen LogP contribution in [0.25, 0.3) is 0 Å². The van der Waals surface area contributed by atoms with E-state index in [-0.39, 0.29) is 47.3 Å². The third-order valence-electron chi connectivity index (χ3n) is 8.78. The number of ether oxygens (including phenoxy) is 2. The van der Waals surface area contributed by atoms with Crippen molar-refractivity contribution >= 4 is 5.97 Å². The summed E-state index contributed by atoms with van der Waals surface area (Å²) in [5.41, 5.74) is 0.514. The van der Waals surface area contributed by atoms with Crippen LogP contribution in [-0.2, 0) is 4.79 Å². The zero-order valence-electron chi connectivity index (χ0n) is 23.6. The molecular weight excluding hydrogens is 536 g/mol. The first-order chi connectivity index (χ1) is 19.7. The molecule has 2 aliphatic carbocycles. The lowest BCUT2D eigenvalue weighted by Crippen LogP contribution is -2.26. The van der Waals surface area contributed by atoms with Gasteiger partial charge < -0.3 is 14.6 Å². The van der Waals surface area contributed by atoms with Crippen LogP contribution in [0.5, 0.6) is 11.5 Å². The number of halogens is 4. The predicted octanol–water partition coefficient (Wildman–Crippen LogP) is 8.51. The lowest BCUT2D eigenvalue weighted by molar-refractivity contribution is -0.140. The molecule has 41 heavy (non-hydrogen) atoms. The molecule has 0 saturated heterocycles. The van der Waals surface area contributed by atoms with E-state index in [0.717, 1.165) is 25.7 Å². The Morgan fingerprint density at radius 1 is 0.878 bits per heavy atom. The molecule has 1 unspecified atom stereocenters.